The minimum atomic E-state index is -1.07. The maximum Gasteiger partial charge on any atom is 0.319 e. The van der Waals surface area contributed by atoms with E-state index in [0.29, 0.717) is 23.4 Å². The third-order valence-corrected chi connectivity index (χ3v) is 10.1. The van der Waals surface area contributed by atoms with Crippen molar-refractivity contribution >= 4 is 44.1 Å². The molecule has 0 aliphatic carbocycles. The Morgan fingerprint density at radius 1 is 1.16 bits per heavy atom. The molecule has 12 heteroatoms. The molecule has 4 aromatic rings. The van der Waals surface area contributed by atoms with Crippen molar-refractivity contribution in [3.05, 3.63) is 65.5 Å². The lowest BCUT2D eigenvalue weighted by Gasteiger charge is -2.39. The second kappa shape index (κ2) is 11.4. The lowest BCUT2D eigenvalue weighted by Crippen LogP contribution is -2.56. The number of thiophene rings is 1. The van der Waals surface area contributed by atoms with E-state index in [1.165, 1.54) is 4.90 Å². The van der Waals surface area contributed by atoms with Gasteiger partial charge in [-0.15, -0.1) is 11.3 Å². The number of amides is 1. The molecule has 44 heavy (non-hydrogen) atoms. The molecule has 0 bridgehead atoms. The van der Waals surface area contributed by atoms with Gasteiger partial charge < -0.3 is 19.4 Å². The molecule has 3 aliphatic heterocycles. The summed E-state index contributed by atoms with van der Waals surface area (Å²) in [4.78, 5) is 35.6. The SMILES string of the molecule is [C-]#[N+]C[C@H]1CN(c2nc(OCC34CCCN3CCC4)nc3c(F)c(-c4cccc5sccc45)ncc23)CCN1C(=O)C(=C)F. The zero-order chi connectivity index (χ0) is 30.4. The number of piperazine rings is 1. The highest BCUT2D eigenvalue weighted by Crippen LogP contribution is 2.40. The highest BCUT2D eigenvalue weighted by molar-refractivity contribution is 7.17. The summed E-state index contributed by atoms with van der Waals surface area (Å²) >= 11 is 1.58. The van der Waals surface area contributed by atoms with E-state index in [4.69, 9.17) is 16.3 Å². The average molecular weight is 616 g/mol. The fourth-order valence-corrected chi connectivity index (χ4v) is 7.92. The number of nitrogens with zero attached hydrogens (tertiary/aromatic N) is 7. The molecule has 226 valence electrons. The van der Waals surface area contributed by atoms with E-state index in [0.717, 1.165) is 48.9 Å². The Morgan fingerprint density at radius 3 is 2.75 bits per heavy atom. The van der Waals surface area contributed by atoms with Crippen LogP contribution in [-0.2, 0) is 4.79 Å². The van der Waals surface area contributed by atoms with Crippen LogP contribution in [0.5, 0.6) is 6.01 Å². The predicted molar refractivity (Wildman–Crippen MR) is 166 cm³/mol. The summed E-state index contributed by atoms with van der Waals surface area (Å²) in [6, 6.07) is 7.16. The first-order chi connectivity index (χ1) is 21.4. The van der Waals surface area contributed by atoms with Crippen molar-refractivity contribution in [2.75, 3.05) is 50.8 Å². The molecule has 6 heterocycles. The molecule has 1 aromatic carbocycles. The van der Waals surface area contributed by atoms with Gasteiger partial charge in [-0.1, -0.05) is 18.7 Å². The molecule has 3 aliphatic rings. The van der Waals surface area contributed by atoms with Gasteiger partial charge in [-0.05, 0) is 56.3 Å². The van der Waals surface area contributed by atoms with Gasteiger partial charge in [0.1, 0.15) is 29.7 Å². The normalized spacial score (nSPS) is 19.8. The quantitative estimate of drug-likeness (QED) is 0.202. The van der Waals surface area contributed by atoms with Crippen molar-refractivity contribution in [3.8, 4) is 17.3 Å². The summed E-state index contributed by atoms with van der Waals surface area (Å²) in [6.45, 7) is 13.7. The van der Waals surface area contributed by atoms with Crippen molar-refractivity contribution in [3.63, 3.8) is 0 Å². The van der Waals surface area contributed by atoms with Crippen LogP contribution in [0.3, 0.4) is 0 Å². The molecule has 0 saturated carbocycles. The average Bonchev–Trinajstić information content (AvgIpc) is 3.76. The number of aromatic nitrogens is 3. The highest BCUT2D eigenvalue weighted by atomic mass is 32.1. The first-order valence-corrected chi connectivity index (χ1v) is 15.7. The van der Waals surface area contributed by atoms with Crippen molar-refractivity contribution in [2.45, 2.75) is 37.3 Å². The van der Waals surface area contributed by atoms with E-state index >= 15 is 4.39 Å². The van der Waals surface area contributed by atoms with E-state index in [1.54, 1.807) is 17.5 Å². The predicted octanol–water partition coefficient (Wildman–Crippen LogP) is 5.47. The zero-order valence-corrected chi connectivity index (χ0v) is 25.0. The number of pyridine rings is 1. The van der Waals surface area contributed by atoms with Gasteiger partial charge in [-0.25, -0.2) is 15.4 Å². The van der Waals surface area contributed by atoms with Crippen LogP contribution < -0.4 is 9.64 Å². The Balaban J connectivity index is 1.31. The summed E-state index contributed by atoms with van der Waals surface area (Å²) in [5.41, 5.74) is 0.896. The number of ether oxygens (including phenoxy) is 1. The largest absolute Gasteiger partial charge is 0.461 e. The number of rotatable bonds is 7. The molecule has 0 spiro atoms. The zero-order valence-electron chi connectivity index (χ0n) is 24.1. The number of hydrogen-bond acceptors (Lipinski definition) is 8. The lowest BCUT2D eigenvalue weighted by atomic mass is 9.95. The van der Waals surface area contributed by atoms with Gasteiger partial charge in [0.15, 0.2) is 11.6 Å². The van der Waals surface area contributed by atoms with Crippen LogP contribution in [-0.4, -0.2) is 88.1 Å². The molecule has 9 nitrogen and oxygen atoms in total. The van der Waals surface area contributed by atoms with E-state index in [1.807, 2.05) is 34.5 Å². The monoisotopic (exact) mass is 615 g/mol. The van der Waals surface area contributed by atoms with E-state index in [2.05, 4.69) is 26.3 Å². The Hall–Kier alpha value is -4.21. The lowest BCUT2D eigenvalue weighted by molar-refractivity contribution is -0.131. The minimum Gasteiger partial charge on any atom is -0.461 e. The molecule has 3 fully saturated rings. The van der Waals surface area contributed by atoms with E-state index in [-0.39, 0.29) is 48.9 Å². The second-order valence-electron chi connectivity index (χ2n) is 11.7. The van der Waals surface area contributed by atoms with Crippen molar-refractivity contribution < 1.29 is 18.3 Å². The second-order valence-corrected chi connectivity index (χ2v) is 12.6. The van der Waals surface area contributed by atoms with E-state index < -0.39 is 23.6 Å². The summed E-state index contributed by atoms with van der Waals surface area (Å²) in [5.74, 6) is -2.06. The van der Waals surface area contributed by atoms with Crippen LogP contribution in [0, 0.1) is 12.4 Å². The van der Waals surface area contributed by atoms with Gasteiger partial charge >= 0.3 is 6.01 Å². The molecule has 0 radical (unpaired) electrons. The summed E-state index contributed by atoms with van der Waals surface area (Å²) in [5, 5.41) is 3.28. The molecular weight excluding hydrogens is 584 g/mol. The van der Waals surface area contributed by atoms with Gasteiger partial charge in [-0.3, -0.25) is 14.7 Å². The smallest absolute Gasteiger partial charge is 0.319 e. The minimum absolute atomic E-state index is 0.0261. The maximum atomic E-state index is 16.5. The summed E-state index contributed by atoms with van der Waals surface area (Å²) in [6.07, 6.45) is 5.88. The first kappa shape index (κ1) is 28.6. The molecule has 1 atom stereocenters. The fourth-order valence-electron chi connectivity index (χ4n) is 7.11. The van der Waals surface area contributed by atoms with Crippen molar-refractivity contribution in [1.29, 1.82) is 0 Å². The fraction of sp³-hybridized carbons (Fsp3) is 0.406. The van der Waals surface area contributed by atoms with Crippen LogP contribution >= 0.6 is 11.3 Å². The Kier molecular flexibility index (Phi) is 7.38. The Morgan fingerprint density at radius 2 is 1.98 bits per heavy atom. The number of fused-ring (bicyclic) bond motifs is 3. The molecule has 3 aromatic heterocycles. The molecule has 0 N–H and O–H groups in total. The van der Waals surface area contributed by atoms with Crippen LogP contribution in [0.25, 0.3) is 37.1 Å². The summed E-state index contributed by atoms with van der Waals surface area (Å²) in [7, 11) is 0. The van der Waals surface area contributed by atoms with Gasteiger partial charge in [0, 0.05) is 41.5 Å². The number of halogens is 2. The number of hydrogen-bond donors (Lipinski definition) is 0. The number of anilines is 1. The number of benzene rings is 1. The molecule has 3 saturated heterocycles. The van der Waals surface area contributed by atoms with E-state index in [9.17, 15) is 9.18 Å². The summed E-state index contributed by atoms with van der Waals surface area (Å²) < 4.78 is 37.7. The third kappa shape index (κ3) is 4.84. The van der Waals surface area contributed by atoms with Crippen LogP contribution in [0.4, 0.5) is 14.6 Å². The van der Waals surface area contributed by atoms with Gasteiger partial charge in [0.2, 0.25) is 6.54 Å². The molecule has 1 amide bonds. The van der Waals surface area contributed by atoms with Gasteiger partial charge in [0.05, 0.1) is 10.9 Å². The standard InChI is InChI=1S/C32H31F2N7O2S/c1-20(33)30(42)41-14-13-39(18-21(41)16-35-2)29-24-17-36-27(23-6-3-7-25-22(23)8-15-44-25)26(34)28(24)37-31(38-29)43-19-32-9-4-11-40(32)12-5-10-32/h3,6-8,15,17,21H,1,4-5,9-14,16,18-19H2/t21-/m0/s1. The van der Waals surface area contributed by atoms with Crippen LogP contribution in [0.2, 0.25) is 0 Å². The Labute approximate surface area is 257 Å². The third-order valence-electron chi connectivity index (χ3n) is 9.25. The molecular formula is C32H31F2N7O2S. The number of carbonyl (C=O) groups excluding carboxylic acids is 1. The van der Waals surface area contributed by atoms with Gasteiger partial charge in [0.25, 0.3) is 5.91 Å². The topological polar surface area (TPSA) is 79.1 Å². The van der Waals surface area contributed by atoms with Crippen molar-refractivity contribution in [2.24, 2.45) is 0 Å². The van der Waals surface area contributed by atoms with Crippen molar-refractivity contribution in [1.82, 2.24) is 24.8 Å². The van der Waals surface area contributed by atoms with Crippen LogP contribution in [0.15, 0.2) is 48.2 Å². The van der Waals surface area contributed by atoms with Gasteiger partial charge in [-0.2, -0.15) is 9.97 Å². The van der Waals surface area contributed by atoms with Crippen LogP contribution in [0.1, 0.15) is 25.7 Å². The maximum absolute atomic E-state index is 16.5. The first-order valence-electron chi connectivity index (χ1n) is 14.8. The molecule has 0 unspecified atom stereocenters. The highest BCUT2D eigenvalue weighted by Gasteiger charge is 2.45. The Bertz CT molecular complexity index is 1810. The molecule has 7 rings (SSSR count). The number of carbonyl (C=O) groups is 1.